The van der Waals surface area contributed by atoms with Crippen LogP contribution in [-0.2, 0) is 5.75 Å². The van der Waals surface area contributed by atoms with Crippen LogP contribution in [0.5, 0.6) is 0 Å². The summed E-state index contributed by atoms with van der Waals surface area (Å²) >= 11 is 3.36. The Morgan fingerprint density at radius 1 is 1.39 bits per heavy atom. The fraction of sp³-hybridized carbons (Fsp3) is 0.500. The molecule has 0 saturated carbocycles. The minimum atomic E-state index is 0.536. The zero-order valence-electron chi connectivity index (χ0n) is 11.0. The number of hydrogen-bond donors (Lipinski definition) is 1. The van der Waals surface area contributed by atoms with Gasteiger partial charge < -0.3 is 10.3 Å². The SMILES string of the molecule is Cc1sc(N)c(-c2nc(CSC(C)C)no2)c1C. The number of aromatic nitrogens is 2. The van der Waals surface area contributed by atoms with E-state index in [1.807, 2.05) is 13.8 Å². The largest absolute Gasteiger partial charge is 0.390 e. The third-order valence-electron chi connectivity index (χ3n) is 2.64. The Kier molecular flexibility index (Phi) is 3.97. The van der Waals surface area contributed by atoms with Crippen molar-refractivity contribution in [2.45, 2.75) is 38.7 Å². The summed E-state index contributed by atoms with van der Waals surface area (Å²) in [5, 5.41) is 5.30. The highest BCUT2D eigenvalue weighted by Gasteiger charge is 2.18. The van der Waals surface area contributed by atoms with Gasteiger partial charge in [0.05, 0.1) is 16.3 Å². The van der Waals surface area contributed by atoms with Crippen molar-refractivity contribution in [1.82, 2.24) is 10.1 Å². The Morgan fingerprint density at radius 3 is 2.67 bits per heavy atom. The number of rotatable bonds is 4. The molecule has 0 amide bonds. The van der Waals surface area contributed by atoms with Crippen LogP contribution < -0.4 is 5.73 Å². The molecular formula is C12H17N3OS2. The molecule has 0 radical (unpaired) electrons. The molecule has 0 spiro atoms. The van der Waals surface area contributed by atoms with E-state index in [9.17, 15) is 0 Å². The fourth-order valence-electron chi connectivity index (χ4n) is 1.57. The van der Waals surface area contributed by atoms with Gasteiger partial charge >= 0.3 is 0 Å². The number of aryl methyl sites for hydroxylation is 1. The third-order valence-corrected chi connectivity index (χ3v) is 4.77. The van der Waals surface area contributed by atoms with Crippen molar-refractivity contribution in [3.8, 4) is 11.5 Å². The van der Waals surface area contributed by atoms with Gasteiger partial charge in [-0.25, -0.2) is 0 Å². The molecule has 0 bridgehead atoms. The average molecular weight is 283 g/mol. The maximum absolute atomic E-state index is 5.99. The summed E-state index contributed by atoms with van der Waals surface area (Å²) in [6.45, 7) is 8.38. The highest BCUT2D eigenvalue weighted by Crippen LogP contribution is 2.37. The predicted octanol–water partition coefficient (Wildman–Crippen LogP) is 3.64. The van der Waals surface area contributed by atoms with Crippen molar-refractivity contribution >= 4 is 28.1 Å². The van der Waals surface area contributed by atoms with Crippen LogP contribution in [0, 0.1) is 13.8 Å². The Hall–Kier alpha value is -1.01. The molecule has 0 unspecified atom stereocenters. The zero-order chi connectivity index (χ0) is 13.3. The summed E-state index contributed by atoms with van der Waals surface area (Å²) in [6, 6.07) is 0. The third kappa shape index (κ3) is 2.70. The lowest BCUT2D eigenvalue weighted by atomic mass is 10.1. The number of hydrogen-bond acceptors (Lipinski definition) is 6. The van der Waals surface area contributed by atoms with Crippen molar-refractivity contribution in [3.63, 3.8) is 0 Å². The first-order valence-electron chi connectivity index (χ1n) is 5.79. The molecule has 2 rings (SSSR count). The lowest BCUT2D eigenvalue weighted by molar-refractivity contribution is 0.425. The first kappa shape index (κ1) is 13.4. The Bertz CT molecular complexity index is 546. The van der Waals surface area contributed by atoms with Crippen molar-refractivity contribution in [3.05, 3.63) is 16.3 Å². The van der Waals surface area contributed by atoms with Gasteiger partial charge in [0, 0.05) is 4.88 Å². The number of nitrogen functional groups attached to an aromatic ring is 1. The first-order chi connectivity index (χ1) is 8.49. The molecule has 0 atom stereocenters. The molecule has 2 aromatic heterocycles. The summed E-state index contributed by atoms with van der Waals surface area (Å²) in [5.74, 6) is 2.03. The van der Waals surface area contributed by atoms with Gasteiger partial charge in [0.15, 0.2) is 5.82 Å². The molecule has 98 valence electrons. The molecule has 0 aliphatic rings. The maximum Gasteiger partial charge on any atom is 0.261 e. The van der Waals surface area contributed by atoms with Crippen LogP contribution in [0.15, 0.2) is 4.52 Å². The van der Waals surface area contributed by atoms with Gasteiger partial charge in [-0.15, -0.1) is 11.3 Å². The van der Waals surface area contributed by atoms with Crippen molar-refractivity contribution in [1.29, 1.82) is 0 Å². The van der Waals surface area contributed by atoms with Crippen LogP contribution in [0.1, 0.15) is 30.1 Å². The normalized spacial score (nSPS) is 11.4. The molecule has 2 N–H and O–H groups in total. The van der Waals surface area contributed by atoms with E-state index >= 15 is 0 Å². The van der Waals surface area contributed by atoms with Crippen LogP contribution in [-0.4, -0.2) is 15.4 Å². The number of thiophene rings is 1. The second kappa shape index (κ2) is 5.32. The molecule has 0 saturated heterocycles. The molecule has 0 aromatic carbocycles. The highest BCUT2D eigenvalue weighted by atomic mass is 32.2. The topological polar surface area (TPSA) is 64.9 Å². The van der Waals surface area contributed by atoms with Gasteiger partial charge in [-0.1, -0.05) is 19.0 Å². The molecule has 6 heteroatoms. The Labute approximate surface area is 115 Å². The summed E-state index contributed by atoms with van der Waals surface area (Å²) < 4.78 is 5.31. The van der Waals surface area contributed by atoms with Crippen molar-refractivity contribution in [2.24, 2.45) is 0 Å². The maximum atomic E-state index is 5.99. The van der Waals surface area contributed by atoms with E-state index in [4.69, 9.17) is 10.3 Å². The van der Waals surface area contributed by atoms with E-state index < -0.39 is 0 Å². The number of anilines is 1. The molecule has 0 aliphatic heterocycles. The van der Waals surface area contributed by atoms with E-state index in [2.05, 4.69) is 24.0 Å². The van der Waals surface area contributed by atoms with Crippen LogP contribution in [0.25, 0.3) is 11.5 Å². The fourth-order valence-corrected chi connectivity index (χ4v) is 3.10. The lowest BCUT2D eigenvalue weighted by Crippen LogP contribution is -1.91. The van der Waals surface area contributed by atoms with E-state index in [-0.39, 0.29) is 0 Å². The van der Waals surface area contributed by atoms with Gasteiger partial charge in [0.1, 0.15) is 0 Å². The molecule has 0 fully saturated rings. The van der Waals surface area contributed by atoms with Crippen molar-refractivity contribution < 1.29 is 4.52 Å². The van der Waals surface area contributed by atoms with Crippen LogP contribution in [0.4, 0.5) is 5.00 Å². The zero-order valence-corrected chi connectivity index (χ0v) is 12.6. The van der Waals surface area contributed by atoms with Gasteiger partial charge in [-0.05, 0) is 24.7 Å². The van der Waals surface area contributed by atoms with Gasteiger partial charge in [-0.2, -0.15) is 16.7 Å². The van der Waals surface area contributed by atoms with Crippen LogP contribution in [0.2, 0.25) is 0 Å². The first-order valence-corrected chi connectivity index (χ1v) is 7.65. The summed E-state index contributed by atoms with van der Waals surface area (Å²) in [4.78, 5) is 5.61. The minimum absolute atomic E-state index is 0.536. The molecule has 2 heterocycles. The predicted molar refractivity (Wildman–Crippen MR) is 77.9 cm³/mol. The molecule has 0 aliphatic carbocycles. The molecule has 18 heavy (non-hydrogen) atoms. The number of nitrogens with two attached hydrogens (primary N) is 1. The second-order valence-corrected chi connectivity index (χ2v) is 7.22. The van der Waals surface area contributed by atoms with E-state index in [0.717, 1.165) is 27.7 Å². The van der Waals surface area contributed by atoms with Gasteiger partial charge in [0.2, 0.25) is 0 Å². The van der Waals surface area contributed by atoms with Crippen LogP contribution in [0.3, 0.4) is 0 Å². The van der Waals surface area contributed by atoms with Gasteiger partial charge in [-0.3, -0.25) is 0 Å². The lowest BCUT2D eigenvalue weighted by Gasteiger charge is -1.99. The average Bonchev–Trinajstić information content (AvgIpc) is 2.83. The highest BCUT2D eigenvalue weighted by molar-refractivity contribution is 7.99. The molecule has 4 nitrogen and oxygen atoms in total. The Balaban J connectivity index is 2.24. The van der Waals surface area contributed by atoms with E-state index in [1.54, 1.807) is 23.1 Å². The number of nitrogens with zero attached hydrogens (tertiary/aromatic N) is 2. The molecule has 2 aromatic rings. The number of thioether (sulfide) groups is 1. The quantitative estimate of drug-likeness (QED) is 0.928. The monoisotopic (exact) mass is 283 g/mol. The van der Waals surface area contributed by atoms with Crippen molar-refractivity contribution in [2.75, 3.05) is 5.73 Å². The summed E-state index contributed by atoms with van der Waals surface area (Å²) in [7, 11) is 0. The van der Waals surface area contributed by atoms with E-state index in [0.29, 0.717) is 11.1 Å². The second-order valence-electron chi connectivity index (χ2n) is 4.40. The molecular weight excluding hydrogens is 266 g/mol. The minimum Gasteiger partial charge on any atom is -0.390 e. The smallest absolute Gasteiger partial charge is 0.261 e. The standard InChI is InChI=1S/C12H17N3OS2/c1-6(2)17-5-9-14-12(16-15-9)10-7(3)8(4)18-11(10)13/h6H,5,13H2,1-4H3. The summed E-state index contributed by atoms with van der Waals surface area (Å²) in [5.41, 5.74) is 8.01. The van der Waals surface area contributed by atoms with E-state index in [1.165, 1.54) is 4.88 Å². The Morgan fingerprint density at radius 2 is 2.11 bits per heavy atom. The van der Waals surface area contributed by atoms with Gasteiger partial charge in [0.25, 0.3) is 5.89 Å². The van der Waals surface area contributed by atoms with Crippen LogP contribution >= 0.6 is 23.1 Å². The summed E-state index contributed by atoms with van der Waals surface area (Å²) in [6.07, 6.45) is 0.